The van der Waals surface area contributed by atoms with Gasteiger partial charge in [-0.15, -0.1) is 0 Å². The number of nitrogens with one attached hydrogen (secondary N) is 1. The SMILES string of the molecule is Cc1ncn(CC(=O)NCc2ccnc(N3CCOCC3)n2)c(=O)c1C. The Hall–Kier alpha value is -2.81. The zero-order chi connectivity index (χ0) is 18.5. The average molecular weight is 358 g/mol. The van der Waals surface area contributed by atoms with Gasteiger partial charge >= 0.3 is 0 Å². The molecule has 1 N–H and O–H groups in total. The molecule has 1 amide bonds. The van der Waals surface area contributed by atoms with Gasteiger partial charge in [0.2, 0.25) is 11.9 Å². The van der Waals surface area contributed by atoms with E-state index < -0.39 is 0 Å². The van der Waals surface area contributed by atoms with Gasteiger partial charge in [0, 0.05) is 30.5 Å². The van der Waals surface area contributed by atoms with Crippen molar-refractivity contribution < 1.29 is 9.53 Å². The summed E-state index contributed by atoms with van der Waals surface area (Å²) in [6.07, 6.45) is 3.07. The zero-order valence-corrected chi connectivity index (χ0v) is 14.9. The molecule has 138 valence electrons. The van der Waals surface area contributed by atoms with Crippen molar-refractivity contribution in [2.24, 2.45) is 0 Å². The molecule has 1 aliphatic rings. The quantitative estimate of drug-likeness (QED) is 0.790. The molecular formula is C17H22N6O3. The summed E-state index contributed by atoms with van der Waals surface area (Å²) in [5, 5.41) is 2.78. The average Bonchev–Trinajstić information content (AvgIpc) is 2.68. The van der Waals surface area contributed by atoms with Crippen LogP contribution in [0.5, 0.6) is 0 Å². The van der Waals surface area contributed by atoms with E-state index >= 15 is 0 Å². The van der Waals surface area contributed by atoms with Gasteiger partial charge in [-0.05, 0) is 19.9 Å². The molecule has 0 saturated carbocycles. The molecule has 1 saturated heterocycles. The lowest BCUT2D eigenvalue weighted by Crippen LogP contribution is -2.37. The summed E-state index contributed by atoms with van der Waals surface area (Å²) in [5.41, 5.74) is 1.72. The van der Waals surface area contributed by atoms with E-state index in [-0.39, 0.29) is 24.6 Å². The molecule has 0 aromatic carbocycles. The summed E-state index contributed by atoms with van der Waals surface area (Å²) in [7, 11) is 0. The van der Waals surface area contributed by atoms with Crippen LogP contribution in [-0.2, 0) is 22.6 Å². The zero-order valence-electron chi connectivity index (χ0n) is 14.9. The normalized spacial score (nSPS) is 14.3. The number of amides is 1. The molecule has 0 aliphatic carbocycles. The Morgan fingerprint density at radius 1 is 1.27 bits per heavy atom. The number of anilines is 1. The highest BCUT2D eigenvalue weighted by molar-refractivity contribution is 5.75. The summed E-state index contributed by atoms with van der Waals surface area (Å²) in [4.78, 5) is 39.2. The largest absolute Gasteiger partial charge is 0.378 e. The highest BCUT2D eigenvalue weighted by Gasteiger charge is 2.14. The van der Waals surface area contributed by atoms with Crippen molar-refractivity contribution >= 4 is 11.9 Å². The minimum Gasteiger partial charge on any atom is -0.378 e. The first-order valence-electron chi connectivity index (χ1n) is 8.48. The Balaban J connectivity index is 1.59. The van der Waals surface area contributed by atoms with Gasteiger partial charge < -0.3 is 15.0 Å². The fourth-order valence-electron chi connectivity index (χ4n) is 2.59. The van der Waals surface area contributed by atoms with Gasteiger partial charge in [-0.1, -0.05) is 0 Å². The fraction of sp³-hybridized carbons (Fsp3) is 0.471. The van der Waals surface area contributed by atoms with Crippen LogP contribution in [0.15, 0.2) is 23.4 Å². The van der Waals surface area contributed by atoms with Crippen LogP contribution in [-0.4, -0.2) is 51.7 Å². The second-order valence-electron chi connectivity index (χ2n) is 6.11. The van der Waals surface area contributed by atoms with E-state index in [1.54, 1.807) is 26.1 Å². The lowest BCUT2D eigenvalue weighted by atomic mass is 10.3. The highest BCUT2D eigenvalue weighted by Crippen LogP contribution is 2.09. The Kier molecular flexibility index (Phi) is 5.57. The number of morpholine rings is 1. The Morgan fingerprint density at radius 3 is 2.81 bits per heavy atom. The van der Waals surface area contributed by atoms with Gasteiger partial charge in [0.15, 0.2) is 0 Å². The highest BCUT2D eigenvalue weighted by atomic mass is 16.5. The molecule has 0 atom stereocenters. The molecule has 1 aliphatic heterocycles. The Labute approximate surface area is 151 Å². The van der Waals surface area contributed by atoms with Crippen molar-refractivity contribution in [3.8, 4) is 0 Å². The van der Waals surface area contributed by atoms with Crippen LogP contribution in [0.1, 0.15) is 17.0 Å². The van der Waals surface area contributed by atoms with Gasteiger partial charge in [0.25, 0.3) is 5.56 Å². The minimum absolute atomic E-state index is 0.0750. The number of aryl methyl sites for hydroxylation is 1. The van der Waals surface area contributed by atoms with Gasteiger partial charge in [0.05, 0.1) is 31.8 Å². The third-order valence-electron chi connectivity index (χ3n) is 4.29. The molecule has 3 heterocycles. The first-order chi connectivity index (χ1) is 12.5. The summed E-state index contributed by atoms with van der Waals surface area (Å²) in [5.74, 6) is 0.360. The van der Waals surface area contributed by atoms with Gasteiger partial charge in [-0.25, -0.2) is 15.0 Å². The van der Waals surface area contributed by atoms with E-state index in [2.05, 4.69) is 25.2 Å². The van der Waals surface area contributed by atoms with Crippen molar-refractivity contribution in [1.82, 2.24) is 24.8 Å². The van der Waals surface area contributed by atoms with Gasteiger partial charge in [-0.2, -0.15) is 0 Å². The van der Waals surface area contributed by atoms with Crippen molar-refractivity contribution in [2.45, 2.75) is 26.9 Å². The van der Waals surface area contributed by atoms with E-state index in [1.165, 1.54) is 10.9 Å². The molecular weight excluding hydrogens is 336 g/mol. The molecule has 9 heteroatoms. The van der Waals surface area contributed by atoms with E-state index in [0.717, 1.165) is 13.1 Å². The lowest BCUT2D eigenvalue weighted by molar-refractivity contribution is -0.121. The summed E-state index contributed by atoms with van der Waals surface area (Å²) < 4.78 is 6.63. The molecule has 0 unspecified atom stereocenters. The molecule has 0 radical (unpaired) electrons. The third kappa shape index (κ3) is 4.23. The van der Waals surface area contributed by atoms with Crippen LogP contribution in [0, 0.1) is 13.8 Å². The minimum atomic E-state index is -0.274. The number of hydrogen-bond donors (Lipinski definition) is 1. The molecule has 1 fully saturated rings. The van der Waals surface area contributed by atoms with Crippen LogP contribution in [0.2, 0.25) is 0 Å². The Bertz CT molecular complexity index is 845. The molecule has 9 nitrogen and oxygen atoms in total. The number of aromatic nitrogens is 4. The van der Waals surface area contributed by atoms with Crippen molar-refractivity contribution in [3.63, 3.8) is 0 Å². The van der Waals surface area contributed by atoms with E-state index in [9.17, 15) is 9.59 Å². The summed E-state index contributed by atoms with van der Waals surface area (Å²) >= 11 is 0. The van der Waals surface area contributed by atoms with Crippen LogP contribution in [0.25, 0.3) is 0 Å². The van der Waals surface area contributed by atoms with Crippen LogP contribution in [0.4, 0.5) is 5.95 Å². The number of carbonyl (C=O) groups is 1. The maximum absolute atomic E-state index is 12.2. The second-order valence-corrected chi connectivity index (χ2v) is 6.11. The second kappa shape index (κ2) is 8.05. The third-order valence-corrected chi connectivity index (χ3v) is 4.29. The Morgan fingerprint density at radius 2 is 2.04 bits per heavy atom. The maximum atomic E-state index is 12.2. The number of carbonyl (C=O) groups excluding carboxylic acids is 1. The van der Waals surface area contributed by atoms with Gasteiger partial charge in [-0.3, -0.25) is 14.2 Å². The van der Waals surface area contributed by atoms with E-state index in [0.29, 0.717) is 36.1 Å². The number of hydrogen-bond acceptors (Lipinski definition) is 7. The summed E-state index contributed by atoms with van der Waals surface area (Å²) in [6.45, 7) is 6.47. The monoisotopic (exact) mass is 358 g/mol. The maximum Gasteiger partial charge on any atom is 0.256 e. The standard InChI is InChI=1S/C17H22N6O3/c1-12-13(2)20-11-23(16(12)25)10-15(24)19-9-14-3-4-18-17(21-14)22-5-7-26-8-6-22/h3-4,11H,5-10H2,1-2H3,(H,19,24). The predicted molar refractivity (Wildman–Crippen MR) is 94.9 cm³/mol. The number of ether oxygens (including phenoxy) is 1. The topological polar surface area (TPSA) is 102 Å². The molecule has 26 heavy (non-hydrogen) atoms. The lowest BCUT2D eigenvalue weighted by Gasteiger charge is -2.26. The fourth-order valence-corrected chi connectivity index (χ4v) is 2.59. The first kappa shape index (κ1) is 18.0. The van der Waals surface area contributed by atoms with Crippen molar-refractivity contribution in [2.75, 3.05) is 31.2 Å². The van der Waals surface area contributed by atoms with Crippen LogP contribution in [0.3, 0.4) is 0 Å². The molecule has 0 spiro atoms. The first-order valence-corrected chi connectivity index (χ1v) is 8.48. The summed E-state index contributed by atoms with van der Waals surface area (Å²) in [6, 6.07) is 1.76. The van der Waals surface area contributed by atoms with Crippen LogP contribution >= 0.6 is 0 Å². The molecule has 3 rings (SSSR count). The van der Waals surface area contributed by atoms with E-state index in [1.807, 2.05) is 0 Å². The number of rotatable bonds is 5. The number of nitrogens with zero attached hydrogens (tertiary/aromatic N) is 5. The van der Waals surface area contributed by atoms with E-state index in [4.69, 9.17) is 4.74 Å². The molecule has 0 bridgehead atoms. The molecule has 2 aromatic heterocycles. The van der Waals surface area contributed by atoms with Crippen molar-refractivity contribution in [1.29, 1.82) is 0 Å². The smallest absolute Gasteiger partial charge is 0.256 e. The van der Waals surface area contributed by atoms with Gasteiger partial charge in [0.1, 0.15) is 6.54 Å². The van der Waals surface area contributed by atoms with Crippen LogP contribution < -0.4 is 15.8 Å². The predicted octanol–water partition coefficient (Wildman–Crippen LogP) is -0.197. The molecule has 2 aromatic rings. The van der Waals surface area contributed by atoms with Crippen molar-refractivity contribution in [3.05, 3.63) is 45.9 Å².